The number of aromatic nitrogens is 2. The fourth-order valence-corrected chi connectivity index (χ4v) is 2.94. The lowest BCUT2D eigenvalue weighted by Gasteiger charge is -2.21. The van der Waals surface area contributed by atoms with Crippen molar-refractivity contribution in [1.82, 2.24) is 9.97 Å². The Kier molecular flexibility index (Phi) is 4.98. The molecule has 1 aliphatic carbocycles. The summed E-state index contributed by atoms with van der Waals surface area (Å²) in [4.78, 5) is 9.33. The molecule has 0 atom stereocenters. The molecule has 0 N–H and O–H groups in total. The zero-order chi connectivity index (χ0) is 18.7. The summed E-state index contributed by atoms with van der Waals surface area (Å²) in [7, 11) is 1.60. The summed E-state index contributed by atoms with van der Waals surface area (Å²) < 4.78 is 45.4. The predicted molar refractivity (Wildman–Crippen MR) is 89.1 cm³/mol. The van der Waals surface area contributed by atoms with E-state index in [1.54, 1.807) is 31.3 Å². The minimum absolute atomic E-state index is 0.0358. The fraction of sp³-hybridized carbons (Fsp3) is 0.389. The second kappa shape index (κ2) is 7.20. The van der Waals surface area contributed by atoms with Gasteiger partial charge in [0.15, 0.2) is 0 Å². The van der Waals surface area contributed by atoms with Gasteiger partial charge in [-0.3, -0.25) is 0 Å². The Bertz CT molecular complexity index is 826. The Morgan fingerprint density at radius 2 is 1.92 bits per heavy atom. The Morgan fingerprint density at radius 3 is 2.58 bits per heavy atom. The first-order chi connectivity index (χ1) is 12.4. The number of nitriles is 1. The molecule has 136 valence electrons. The first-order valence-corrected chi connectivity index (χ1v) is 8.24. The molecule has 0 unspecified atom stereocenters. The van der Waals surface area contributed by atoms with Crippen molar-refractivity contribution >= 4 is 11.6 Å². The van der Waals surface area contributed by atoms with Gasteiger partial charge in [-0.25, -0.2) is 4.98 Å². The molecular weight excluding hydrogens is 345 g/mol. The van der Waals surface area contributed by atoms with Crippen molar-refractivity contribution in [3.05, 3.63) is 41.6 Å². The van der Waals surface area contributed by atoms with Crippen LogP contribution in [-0.2, 0) is 6.18 Å². The molecule has 26 heavy (non-hydrogen) atoms. The average molecular weight is 362 g/mol. The Hall–Kier alpha value is -2.82. The fourth-order valence-electron chi connectivity index (χ4n) is 2.94. The summed E-state index contributed by atoms with van der Waals surface area (Å²) in [5.41, 5.74) is -0.117. The molecule has 1 heterocycles. The molecule has 8 heteroatoms. The van der Waals surface area contributed by atoms with Gasteiger partial charge in [0, 0.05) is 13.2 Å². The number of anilines is 2. The lowest BCUT2D eigenvalue weighted by molar-refractivity contribution is -0.139. The minimum atomic E-state index is -4.60. The van der Waals surface area contributed by atoms with Crippen LogP contribution in [0.15, 0.2) is 30.5 Å². The number of rotatable bonds is 4. The molecule has 1 saturated carbocycles. The predicted octanol–water partition coefficient (Wildman–Crippen LogP) is 4.46. The van der Waals surface area contributed by atoms with Crippen LogP contribution in [0.5, 0.6) is 5.88 Å². The highest BCUT2D eigenvalue weighted by Crippen LogP contribution is 2.37. The molecule has 0 spiro atoms. The summed E-state index contributed by atoms with van der Waals surface area (Å²) in [5.74, 6) is -0.426. The SMILES string of the molecule is CN(c1ncc(C(F)(F)F)c(OC2CCCC2)n1)c1ccccc1C#N. The van der Waals surface area contributed by atoms with E-state index in [1.807, 2.05) is 6.07 Å². The highest BCUT2D eigenvalue weighted by molar-refractivity contribution is 5.65. The molecule has 0 aliphatic heterocycles. The number of hydrogen-bond donors (Lipinski definition) is 0. The maximum atomic E-state index is 13.3. The summed E-state index contributed by atoms with van der Waals surface area (Å²) in [6.07, 6.45) is -0.851. The van der Waals surface area contributed by atoms with Gasteiger partial charge in [-0.1, -0.05) is 12.1 Å². The molecule has 1 fully saturated rings. The third kappa shape index (κ3) is 3.72. The van der Waals surface area contributed by atoms with E-state index in [-0.39, 0.29) is 12.1 Å². The second-order valence-electron chi connectivity index (χ2n) is 6.10. The summed E-state index contributed by atoms with van der Waals surface area (Å²) >= 11 is 0. The first kappa shape index (κ1) is 18.0. The van der Waals surface area contributed by atoms with Gasteiger partial charge in [0.25, 0.3) is 0 Å². The van der Waals surface area contributed by atoms with E-state index in [1.165, 1.54) is 4.90 Å². The van der Waals surface area contributed by atoms with Gasteiger partial charge < -0.3 is 9.64 Å². The largest absolute Gasteiger partial charge is 0.474 e. The summed E-state index contributed by atoms with van der Waals surface area (Å²) in [6.45, 7) is 0. The molecule has 5 nitrogen and oxygen atoms in total. The van der Waals surface area contributed by atoms with Crippen molar-refractivity contribution in [2.24, 2.45) is 0 Å². The second-order valence-corrected chi connectivity index (χ2v) is 6.10. The Balaban J connectivity index is 1.99. The van der Waals surface area contributed by atoms with Crippen molar-refractivity contribution in [1.29, 1.82) is 5.26 Å². The van der Waals surface area contributed by atoms with Crippen LogP contribution >= 0.6 is 0 Å². The van der Waals surface area contributed by atoms with Gasteiger partial charge in [-0.15, -0.1) is 0 Å². The molecule has 0 saturated heterocycles. The van der Waals surface area contributed by atoms with Crippen LogP contribution in [0, 0.1) is 11.3 Å². The maximum Gasteiger partial charge on any atom is 0.423 e. The quantitative estimate of drug-likeness (QED) is 0.804. The molecule has 0 amide bonds. The van der Waals surface area contributed by atoms with E-state index >= 15 is 0 Å². The standard InChI is InChI=1S/C18H17F3N4O/c1-25(15-9-5-2-6-12(15)10-22)17-23-11-14(18(19,20)21)16(24-17)26-13-7-3-4-8-13/h2,5-6,9,11,13H,3-4,7-8H2,1H3. The van der Waals surface area contributed by atoms with E-state index in [2.05, 4.69) is 9.97 Å². The molecular formula is C18H17F3N4O. The molecule has 1 aromatic heterocycles. The summed E-state index contributed by atoms with van der Waals surface area (Å²) in [5, 5.41) is 9.22. The topological polar surface area (TPSA) is 62.0 Å². The van der Waals surface area contributed by atoms with Gasteiger partial charge >= 0.3 is 6.18 Å². The summed E-state index contributed by atoms with van der Waals surface area (Å²) in [6, 6.07) is 8.78. The zero-order valence-corrected chi connectivity index (χ0v) is 14.1. The van der Waals surface area contributed by atoms with E-state index < -0.39 is 17.6 Å². The average Bonchev–Trinajstić information content (AvgIpc) is 3.13. The molecule has 0 bridgehead atoms. The number of nitrogens with zero attached hydrogens (tertiary/aromatic N) is 4. The van der Waals surface area contributed by atoms with Crippen LogP contribution in [-0.4, -0.2) is 23.1 Å². The van der Waals surface area contributed by atoms with Gasteiger partial charge in [0.2, 0.25) is 11.8 Å². The molecule has 3 rings (SSSR count). The van der Waals surface area contributed by atoms with Crippen molar-refractivity contribution < 1.29 is 17.9 Å². The minimum Gasteiger partial charge on any atom is -0.474 e. The normalized spacial score (nSPS) is 14.9. The van der Waals surface area contributed by atoms with E-state index in [9.17, 15) is 18.4 Å². The van der Waals surface area contributed by atoms with Crippen LogP contribution in [0.1, 0.15) is 36.8 Å². The van der Waals surface area contributed by atoms with Gasteiger partial charge in [0.05, 0.1) is 11.3 Å². The van der Waals surface area contributed by atoms with Gasteiger partial charge in [-0.2, -0.15) is 23.4 Å². The first-order valence-electron chi connectivity index (χ1n) is 8.24. The molecule has 0 radical (unpaired) electrons. The van der Waals surface area contributed by atoms with Gasteiger partial charge in [-0.05, 0) is 37.8 Å². The van der Waals surface area contributed by atoms with Crippen molar-refractivity contribution in [2.75, 3.05) is 11.9 Å². The van der Waals surface area contributed by atoms with E-state index in [4.69, 9.17) is 4.74 Å². The Morgan fingerprint density at radius 1 is 1.23 bits per heavy atom. The highest BCUT2D eigenvalue weighted by atomic mass is 19.4. The number of hydrogen-bond acceptors (Lipinski definition) is 5. The number of ether oxygens (including phenoxy) is 1. The zero-order valence-electron chi connectivity index (χ0n) is 14.1. The van der Waals surface area contributed by atoms with E-state index in [0.717, 1.165) is 19.0 Å². The van der Waals surface area contributed by atoms with Crippen LogP contribution in [0.3, 0.4) is 0 Å². The third-order valence-corrected chi connectivity index (χ3v) is 4.31. The van der Waals surface area contributed by atoms with Crippen LogP contribution < -0.4 is 9.64 Å². The number of benzene rings is 1. The van der Waals surface area contributed by atoms with Crippen molar-refractivity contribution in [3.63, 3.8) is 0 Å². The Labute approximate surface area is 149 Å². The van der Waals surface area contributed by atoms with Gasteiger partial charge in [0.1, 0.15) is 17.7 Å². The van der Waals surface area contributed by atoms with Crippen molar-refractivity contribution in [3.8, 4) is 11.9 Å². The third-order valence-electron chi connectivity index (χ3n) is 4.31. The lowest BCUT2D eigenvalue weighted by atomic mass is 10.2. The van der Waals surface area contributed by atoms with Crippen molar-refractivity contribution in [2.45, 2.75) is 38.0 Å². The van der Waals surface area contributed by atoms with E-state index in [0.29, 0.717) is 24.1 Å². The highest BCUT2D eigenvalue weighted by Gasteiger charge is 2.37. The lowest BCUT2D eigenvalue weighted by Crippen LogP contribution is -2.20. The number of alkyl halides is 3. The number of para-hydroxylation sites is 1. The van der Waals surface area contributed by atoms with Crippen LogP contribution in [0.25, 0.3) is 0 Å². The molecule has 2 aromatic rings. The molecule has 1 aromatic carbocycles. The maximum absolute atomic E-state index is 13.3. The smallest absolute Gasteiger partial charge is 0.423 e. The van der Waals surface area contributed by atoms with Crippen LogP contribution in [0.4, 0.5) is 24.8 Å². The molecule has 1 aliphatic rings. The number of halogens is 3. The monoisotopic (exact) mass is 362 g/mol. The van der Waals surface area contributed by atoms with Crippen LogP contribution in [0.2, 0.25) is 0 Å².